The largest absolute Gasteiger partial charge is 0.457 e. The van der Waals surface area contributed by atoms with E-state index < -0.39 is 0 Å². The molecule has 358 valence electrons. The molecule has 0 amide bonds. The number of pyridine rings is 1. The molecule has 1 aliphatic rings. The molecule has 0 spiro atoms. The van der Waals surface area contributed by atoms with Crippen molar-refractivity contribution < 1.29 is 4.74 Å². The van der Waals surface area contributed by atoms with Gasteiger partial charge in [0.25, 0.3) is 0 Å². The molecular formula is C66H68N4O. The average molecular weight is 933 g/mol. The van der Waals surface area contributed by atoms with Crippen molar-refractivity contribution in [2.24, 2.45) is 0 Å². The zero-order chi connectivity index (χ0) is 49.8. The normalized spacial score (nSPS) is 13.5. The summed E-state index contributed by atoms with van der Waals surface area (Å²) in [7, 11) is 0. The zero-order valence-corrected chi connectivity index (χ0v) is 43.5. The molecule has 1 aliphatic heterocycles. The number of rotatable bonds is 12. The summed E-state index contributed by atoms with van der Waals surface area (Å²) in [5.74, 6) is 3.12. The van der Waals surface area contributed by atoms with E-state index in [1.54, 1.807) is 0 Å². The van der Waals surface area contributed by atoms with Gasteiger partial charge in [0.1, 0.15) is 17.3 Å². The van der Waals surface area contributed by atoms with Crippen LogP contribution in [0.2, 0.25) is 0 Å². The molecule has 3 heterocycles. The van der Waals surface area contributed by atoms with Gasteiger partial charge in [0.15, 0.2) is 0 Å². The summed E-state index contributed by atoms with van der Waals surface area (Å²) in [6.07, 6.45) is 4.31. The van der Waals surface area contributed by atoms with Crippen LogP contribution >= 0.6 is 0 Å². The Bertz CT molecular complexity index is 3400. The molecule has 5 nitrogen and oxygen atoms in total. The SMILES string of the molecule is CC(C)c1cccc(C(C)C)c1C1=CN(c2cccc(Oc3ccc4c5cc(C(C)(C)c6ccccc6)ccc5n(-c5cc(C(C)(C)c6ccccc6)ccn5)c4c3)c2)CN1c1cccc(C(C)(C)C)c1. The third kappa shape index (κ3) is 8.92. The summed E-state index contributed by atoms with van der Waals surface area (Å²) >= 11 is 0. The Morgan fingerprint density at radius 2 is 1.07 bits per heavy atom. The number of hydrogen-bond acceptors (Lipinski definition) is 4. The van der Waals surface area contributed by atoms with E-state index in [9.17, 15) is 0 Å². The van der Waals surface area contributed by atoms with E-state index in [2.05, 4.69) is 273 Å². The second-order valence-corrected chi connectivity index (χ2v) is 22.2. The molecule has 7 aromatic carbocycles. The van der Waals surface area contributed by atoms with Crippen LogP contribution in [0, 0.1) is 0 Å². The lowest BCUT2D eigenvalue weighted by molar-refractivity contribution is 0.483. The maximum absolute atomic E-state index is 6.93. The van der Waals surface area contributed by atoms with Crippen molar-refractivity contribution >= 4 is 38.9 Å². The van der Waals surface area contributed by atoms with E-state index in [0.717, 1.165) is 39.4 Å². The highest BCUT2D eigenvalue weighted by molar-refractivity contribution is 6.10. The van der Waals surface area contributed by atoms with Gasteiger partial charge in [0.05, 0.1) is 23.4 Å². The first kappa shape index (κ1) is 47.3. The van der Waals surface area contributed by atoms with Crippen molar-refractivity contribution in [2.75, 3.05) is 16.5 Å². The third-order valence-electron chi connectivity index (χ3n) is 15.0. The second kappa shape index (κ2) is 18.4. The fraction of sp³-hybridized carbons (Fsp3) is 0.258. The van der Waals surface area contributed by atoms with Crippen LogP contribution in [-0.4, -0.2) is 16.2 Å². The summed E-state index contributed by atoms with van der Waals surface area (Å²) < 4.78 is 9.25. The molecule has 0 unspecified atom stereocenters. The first-order valence-electron chi connectivity index (χ1n) is 25.4. The van der Waals surface area contributed by atoms with Crippen LogP contribution in [0.3, 0.4) is 0 Å². The lowest BCUT2D eigenvalue weighted by Crippen LogP contribution is -2.27. The highest BCUT2D eigenvalue weighted by atomic mass is 16.5. The van der Waals surface area contributed by atoms with Crippen molar-refractivity contribution in [3.05, 3.63) is 233 Å². The molecule has 0 fully saturated rings. The molecule has 2 aromatic heterocycles. The topological polar surface area (TPSA) is 33.5 Å². The molecule has 0 saturated carbocycles. The molecule has 0 radical (unpaired) electrons. The molecule has 0 atom stereocenters. The summed E-state index contributed by atoms with van der Waals surface area (Å²) in [4.78, 5) is 9.96. The van der Waals surface area contributed by atoms with E-state index >= 15 is 0 Å². The van der Waals surface area contributed by atoms with Crippen molar-refractivity contribution in [3.63, 3.8) is 0 Å². The molecule has 10 rings (SSSR count). The molecule has 0 N–H and O–H groups in total. The lowest BCUT2D eigenvalue weighted by atomic mass is 9.78. The first-order valence-corrected chi connectivity index (χ1v) is 25.4. The van der Waals surface area contributed by atoms with Gasteiger partial charge in [-0.25, -0.2) is 4.98 Å². The smallest absolute Gasteiger partial charge is 0.137 e. The van der Waals surface area contributed by atoms with Gasteiger partial charge >= 0.3 is 0 Å². The van der Waals surface area contributed by atoms with E-state index in [-0.39, 0.29) is 16.2 Å². The predicted molar refractivity (Wildman–Crippen MR) is 300 cm³/mol. The standard InChI is InChI=1S/C66H68N4O/c1-44(2)55-29-20-30-56(45(3)4)63(55)61-42-68(43-69(61)52-27-18-25-48(37-52)64(5,6)7)51-26-19-28-53(40-51)71-54-32-33-57-58-38-49(65(8,9)46-21-14-12-15-22-46)31-34-59(58)70(60(57)41-54)62-39-50(35-36-67-62)66(10,11)47-23-16-13-17-24-47/h12-42,44-45H,43H2,1-11H3. The number of benzene rings is 7. The summed E-state index contributed by atoms with van der Waals surface area (Å²) in [6, 6.07) is 63.9. The predicted octanol–water partition coefficient (Wildman–Crippen LogP) is 17.4. The van der Waals surface area contributed by atoms with Gasteiger partial charge in [-0.05, 0) is 117 Å². The van der Waals surface area contributed by atoms with E-state index in [0.29, 0.717) is 18.5 Å². The Labute approximate surface area is 422 Å². The van der Waals surface area contributed by atoms with Gasteiger partial charge in [0.2, 0.25) is 0 Å². The minimum atomic E-state index is -0.239. The molecule has 5 heteroatoms. The minimum Gasteiger partial charge on any atom is -0.457 e. The average Bonchev–Trinajstić information content (AvgIpc) is 3.96. The van der Waals surface area contributed by atoms with Gasteiger partial charge in [-0.2, -0.15) is 0 Å². The van der Waals surface area contributed by atoms with Crippen LogP contribution in [0.1, 0.15) is 133 Å². The first-order chi connectivity index (χ1) is 34.0. The Kier molecular flexibility index (Phi) is 12.3. The Hall–Kier alpha value is -7.37. The number of nitrogens with zero attached hydrogens (tertiary/aromatic N) is 4. The molecule has 71 heavy (non-hydrogen) atoms. The second-order valence-electron chi connectivity index (χ2n) is 22.2. The van der Waals surface area contributed by atoms with Crippen LogP contribution in [-0.2, 0) is 16.2 Å². The molecule has 0 aliphatic carbocycles. The highest BCUT2D eigenvalue weighted by Crippen LogP contribution is 2.44. The third-order valence-corrected chi connectivity index (χ3v) is 15.0. The van der Waals surface area contributed by atoms with Gasteiger partial charge in [-0.15, -0.1) is 0 Å². The highest BCUT2D eigenvalue weighted by Gasteiger charge is 2.31. The van der Waals surface area contributed by atoms with Crippen molar-refractivity contribution in [1.82, 2.24) is 9.55 Å². The van der Waals surface area contributed by atoms with Crippen molar-refractivity contribution in [3.8, 4) is 17.3 Å². The Morgan fingerprint density at radius 3 is 1.72 bits per heavy atom. The number of fused-ring (bicyclic) bond motifs is 3. The minimum absolute atomic E-state index is 0.0172. The summed E-state index contributed by atoms with van der Waals surface area (Å²) in [5, 5.41) is 2.33. The summed E-state index contributed by atoms with van der Waals surface area (Å²) in [6.45, 7) is 26.0. The fourth-order valence-electron chi connectivity index (χ4n) is 10.6. The lowest BCUT2D eigenvalue weighted by Gasteiger charge is -2.29. The van der Waals surface area contributed by atoms with E-state index in [4.69, 9.17) is 9.72 Å². The number of hydrogen-bond donors (Lipinski definition) is 0. The molecule has 9 aromatic rings. The van der Waals surface area contributed by atoms with Crippen LogP contribution in [0.5, 0.6) is 11.5 Å². The monoisotopic (exact) mass is 933 g/mol. The van der Waals surface area contributed by atoms with Crippen molar-refractivity contribution in [2.45, 2.75) is 104 Å². The van der Waals surface area contributed by atoms with E-state index in [1.807, 2.05) is 6.20 Å². The van der Waals surface area contributed by atoms with Gasteiger partial charge in [-0.1, -0.05) is 179 Å². The maximum atomic E-state index is 6.93. The van der Waals surface area contributed by atoms with Gasteiger partial charge in [-0.3, -0.25) is 4.57 Å². The Balaban J connectivity index is 1.06. The van der Waals surface area contributed by atoms with Crippen LogP contribution in [0.4, 0.5) is 11.4 Å². The van der Waals surface area contributed by atoms with Crippen LogP contribution < -0.4 is 14.5 Å². The maximum Gasteiger partial charge on any atom is 0.137 e. The van der Waals surface area contributed by atoms with E-state index in [1.165, 1.54) is 61.3 Å². The van der Waals surface area contributed by atoms with Gasteiger partial charge < -0.3 is 14.5 Å². The van der Waals surface area contributed by atoms with Gasteiger partial charge in [0, 0.05) is 63.1 Å². The number of anilines is 2. The number of aromatic nitrogens is 2. The van der Waals surface area contributed by atoms with Crippen molar-refractivity contribution in [1.29, 1.82) is 0 Å². The fourth-order valence-corrected chi connectivity index (χ4v) is 10.6. The quantitative estimate of drug-likeness (QED) is 0.122. The van der Waals surface area contributed by atoms with Crippen LogP contribution in [0.25, 0.3) is 33.3 Å². The molecular weight excluding hydrogens is 865 g/mol. The Morgan fingerprint density at radius 1 is 0.479 bits per heavy atom. The number of ether oxygens (including phenoxy) is 1. The summed E-state index contributed by atoms with van der Waals surface area (Å²) in [5.41, 5.74) is 15.5. The van der Waals surface area contributed by atoms with Crippen LogP contribution in [0.15, 0.2) is 188 Å². The molecule has 0 saturated heterocycles. The zero-order valence-electron chi connectivity index (χ0n) is 43.5. The molecule has 0 bridgehead atoms.